The predicted molar refractivity (Wildman–Crippen MR) is 466 cm³/mol. The minimum atomic E-state index is -1.70. The van der Waals surface area contributed by atoms with E-state index in [0.29, 0.717) is 71.5 Å². The minimum Gasteiger partial charge on any atom is -0.493 e. The van der Waals surface area contributed by atoms with E-state index in [1.165, 1.54) is 25.9 Å². The summed E-state index contributed by atoms with van der Waals surface area (Å²) in [6, 6.07) is 15.7. The Kier molecular flexibility index (Phi) is 32.7. The Balaban J connectivity index is 0.811. The van der Waals surface area contributed by atoms with Crippen molar-refractivity contribution in [2.75, 3.05) is 57.9 Å². The van der Waals surface area contributed by atoms with Crippen LogP contribution in [0.25, 0.3) is 0 Å². The highest BCUT2D eigenvalue weighted by atomic mass is 16.6. The van der Waals surface area contributed by atoms with E-state index in [2.05, 4.69) is 29.1 Å². The highest BCUT2D eigenvalue weighted by Crippen LogP contribution is 2.44. The smallest absolute Gasteiger partial charge is 0.414 e. The van der Waals surface area contributed by atoms with Crippen molar-refractivity contribution in [3.63, 3.8) is 0 Å². The zero-order valence-corrected chi connectivity index (χ0v) is 73.9. The van der Waals surface area contributed by atoms with Crippen LogP contribution >= 0.6 is 0 Å². The van der Waals surface area contributed by atoms with Gasteiger partial charge in [-0.2, -0.15) is 0 Å². The molecule has 2 fully saturated rings. The van der Waals surface area contributed by atoms with Crippen molar-refractivity contribution in [3.05, 3.63) is 166 Å². The highest BCUT2D eigenvalue weighted by Gasteiger charge is 2.45. The molecule has 31 heteroatoms. The monoisotopic (exact) mass is 1760 g/mol. The number of nitrogens with one attached hydrogen (secondary N) is 3. The number of Topliss-reactive ketones (excluding diaryl/α,β-unsaturated/α-hetero) is 7. The number of nitrogens with zero attached hydrogens (tertiary/aromatic N) is 5. The molecule has 0 spiro atoms. The van der Waals surface area contributed by atoms with Gasteiger partial charge in [0.15, 0.2) is 28.8 Å². The molecule has 13 rings (SSSR count). The lowest BCUT2D eigenvalue weighted by Crippen LogP contribution is -2.50. The van der Waals surface area contributed by atoms with Crippen molar-refractivity contribution in [1.82, 2.24) is 35.6 Å². The average molecular weight is 1760 g/mol. The maximum absolute atomic E-state index is 14.7. The average Bonchev–Trinajstić information content (AvgIpc) is 1.66. The molecule has 128 heavy (non-hydrogen) atoms. The molecule has 10 amide bonds. The molecule has 9 aliphatic rings. The number of carbonyl (C=O) groups excluding carboxylic acids is 18. The Morgan fingerprint density at radius 3 is 1.54 bits per heavy atom. The van der Waals surface area contributed by atoms with Gasteiger partial charge in [-0.1, -0.05) is 101 Å². The summed E-state index contributed by atoms with van der Waals surface area (Å²) in [6.45, 7) is 19.9. The van der Waals surface area contributed by atoms with Crippen molar-refractivity contribution < 1.29 is 110 Å². The molecule has 31 nitrogen and oxygen atoms in total. The standard InChI is InChI=1S/C97H114N8O23/c1-55(2)71-44-68(106)16-11-13-18-79(109)77(46-70(108)32-34-101-87(114)28-29-88(101)115)91(100-86(113)33-35-102-89(116)30-31-90(102)117)80(110)19-14-12-17-69(107)45-72(56(3)4)93(119)98-60(8)81(111)41-62-20-24-64(25-21-62)53-127-96(122)75-43-66-38-57(5)50-103(66)94(120)74-48-84(124-10)85(47-73(74)75)126-37-15-36-125-83-49-78-76(40-59(83)7)95(121)104-51-58(6)39-67(104)52-105(78)97(123)128-54-65-26-22-63(23-27-65)42-82(112)61(9)99-92(71)118/h20-31,40,47-49,55-56,60-61,66-67,71-72,75,77,91H,5-6,11-19,32-39,41-46,50-54H2,1-4,7-10H3,(H,98,119)(H,99,118)(H,100,113)/t60-,61-,66-,67-,71-,72-,75?,77-,91-/m0/s1. The molecule has 0 aliphatic carbocycles. The molecule has 4 aromatic rings. The van der Waals surface area contributed by atoms with E-state index < -0.39 is 144 Å². The third-order valence-electron chi connectivity index (χ3n) is 24.8. The van der Waals surface area contributed by atoms with Gasteiger partial charge in [0.2, 0.25) is 17.7 Å². The van der Waals surface area contributed by atoms with E-state index in [1.807, 2.05) is 0 Å². The fourth-order valence-corrected chi connectivity index (χ4v) is 17.2. The number of ketones is 7. The lowest BCUT2D eigenvalue weighted by molar-refractivity contribution is -0.147. The first kappa shape index (κ1) is 95.9. The summed E-state index contributed by atoms with van der Waals surface area (Å²) in [5.41, 5.74) is 5.77. The summed E-state index contributed by atoms with van der Waals surface area (Å²) in [5, 5.41) is 8.15. The number of fused-ring (bicyclic) bond motifs is 4. The van der Waals surface area contributed by atoms with E-state index in [-0.39, 0.29) is 204 Å². The van der Waals surface area contributed by atoms with Crippen LogP contribution in [0.15, 0.2) is 121 Å². The third-order valence-corrected chi connectivity index (χ3v) is 24.8. The number of methoxy groups -OCH3 is 1. The second-order valence-electron chi connectivity index (χ2n) is 35.0. The van der Waals surface area contributed by atoms with Gasteiger partial charge in [-0.25, -0.2) is 4.79 Å². The summed E-state index contributed by atoms with van der Waals surface area (Å²) in [4.78, 5) is 255. The second-order valence-corrected chi connectivity index (χ2v) is 35.0. The summed E-state index contributed by atoms with van der Waals surface area (Å²) in [6.07, 6.45) is 1.88. The first-order chi connectivity index (χ1) is 61.0. The number of aryl methyl sites for hydroxylation is 1. The van der Waals surface area contributed by atoms with Crippen LogP contribution in [0.5, 0.6) is 17.2 Å². The predicted octanol–water partition coefficient (Wildman–Crippen LogP) is 9.44. The van der Waals surface area contributed by atoms with Gasteiger partial charge in [0.25, 0.3) is 35.4 Å². The van der Waals surface area contributed by atoms with Crippen LogP contribution in [0.4, 0.5) is 10.5 Å². The van der Waals surface area contributed by atoms with Crippen LogP contribution < -0.4 is 35.1 Å². The van der Waals surface area contributed by atoms with Crippen LogP contribution in [0.2, 0.25) is 0 Å². The maximum Gasteiger partial charge on any atom is 0.414 e. The molecule has 2 saturated heterocycles. The number of hydrogen-bond acceptors (Lipinski definition) is 23. The van der Waals surface area contributed by atoms with Gasteiger partial charge in [-0.3, -0.25) is 96.2 Å². The van der Waals surface area contributed by atoms with Crippen molar-refractivity contribution in [3.8, 4) is 17.2 Å². The summed E-state index contributed by atoms with van der Waals surface area (Å²) < 4.78 is 30.6. The van der Waals surface area contributed by atoms with Gasteiger partial charge in [-0.15, -0.1) is 0 Å². The van der Waals surface area contributed by atoms with Gasteiger partial charge in [0.1, 0.15) is 42.1 Å². The molecule has 0 aromatic heterocycles. The molecular weight excluding hydrogens is 1650 g/mol. The molecule has 0 radical (unpaired) electrons. The fourth-order valence-electron chi connectivity index (χ4n) is 17.2. The molecule has 4 aromatic carbocycles. The van der Waals surface area contributed by atoms with Crippen LogP contribution in [0.3, 0.4) is 0 Å². The minimum absolute atomic E-state index is 0.0152. The van der Waals surface area contributed by atoms with E-state index in [1.54, 1.807) is 117 Å². The Labute approximate surface area is 743 Å². The number of hydrogen-bond donors (Lipinski definition) is 3. The summed E-state index contributed by atoms with van der Waals surface area (Å²) in [5.74, 6) is -13.5. The normalized spacial score (nSPS) is 23.9. The zero-order chi connectivity index (χ0) is 92.5. The highest BCUT2D eigenvalue weighted by molar-refractivity contribution is 6.14. The molecule has 9 aliphatic heterocycles. The number of carbonyl (C=O) groups is 18. The van der Waals surface area contributed by atoms with E-state index >= 15 is 0 Å². The fraction of sp³-hybridized carbons (Fsp3) is 0.485. The molecule has 680 valence electrons. The maximum atomic E-state index is 14.7. The summed E-state index contributed by atoms with van der Waals surface area (Å²) >= 11 is 0. The molecule has 9 atom stereocenters. The number of esters is 1. The molecule has 9 heterocycles. The van der Waals surface area contributed by atoms with Crippen molar-refractivity contribution in [1.29, 1.82) is 0 Å². The molecule has 0 saturated carbocycles. The molecule has 3 N–H and O–H groups in total. The Bertz CT molecular complexity index is 5000. The number of rotatable bonds is 12. The lowest BCUT2D eigenvalue weighted by atomic mass is 9.83. The van der Waals surface area contributed by atoms with Crippen LogP contribution in [0, 0.1) is 36.5 Å². The zero-order valence-electron chi connectivity index (χ0n) is 73.9. The Hall–Kier alpha value is -12.7. The number of benzene rings is 4. The van der Waals surface area contributed by atoms with E-state index in [4.69, 9.17) is 23.7 Å². The van der Waals surface area contributed by atoms with Crippen LogP contribution in [-0.4, -0.2) is 209 Å². The number of imide groups is 2. The van der Waals surface area contributed by atoms with Crippen molar-refractivity contribution >= 4 is 111 Å². The van der Waals surface area contributed by atoms with Gasteiger partial charge in [0, 0.05) is 157 Å². The quantitative estimate of drug-likeness (QED) is 0.0675. The van der Waals surface area contributed by atoms with Gasteiger partial charge in [0.05, 0.1) is 74.1 Å². The van der Waals surface area contributed by atoms with Gasteiger partial charge < -0.3 is 49.4 Å². The van der Waals surface area contributed by atoms with Gasteiger partial charge >= 0.3 is 12.1 Å². The number of amides is 10. The van der Waals surface area contributed by atoms with Gasteiger partial charge in [-0.05, 0) is 129 Å². The number of anilines is 1. The van der Waals surface area contributed by atoms with Crippen molar-refractivity contribution in [2.24, 2.45) is 29.6 Å². The third kappa shape index (κ3) is 24.5. The van der Waals surface area contributed by atoms with Crippen LogP contribution in [-0.2, 0) is 107 Å². The van der Waals surface area contributed by atoms with E-state index in [9.17, 15) is 86.3 Å². The molecule has 8 bridgehead atoms. The Morgan fingerprint density at radius 2 is 1.01 bits per heavy atom. The Morgan fingerprint density at radius 1 is 0.531 bits per heavy atom. The number of ether oxygens (including phenoxy) is 5. The lowest BCUT2D eigenvalue weighted by Gasteiger charge is -2.27. The second kappa shape index (κ2) is 43.7. The van der Waals surface area contributed by atoms with Crippen LogP contribution in [0.1, 0.15) is 211 Å². The van der Waals surface area contributed by atoms with E-state index in [0.717, 1.165) is 45.3 Å². The molecule has 1 unspecified atom stereocenters. The topological polar surface area (TPSA) is 406 Å². The summed E-state index contributed by atoms with van der Waals surface area (Å²) in [7, 11) is 1.44. The molecular formula is C97H114N8O23. The van der Waals surface area contributed by atoms with Crippen molar-refractivity contribution in [2.45, 2.75) is 220 Å². The first-order valence-electron chi connectivity index (χ1n) is 44.0. The largest absolute Gasteiger partial charge is 0.493 e. The first-order valence-corrected chi connectivity index (χ1v) is 44.0. The SMILES string of the molecule is C=C1C[C@H]2CC3C(=O)OCc4ccc(cc4)CC(=O)[C@H](C)NC(=O)[C@H](C(C)C)CC(=O)CCCCC(=O)[C@@H](NC(=O)CCN4C(=O)C=CC4=O)[C@@H](CC(=O)CCN4C(=O)C=CC4=O)C(=O)CCCCC(=O)C[C@@H](C(C)C)C(=O)N[C@@H](C)C(=O)Cc4ccc(cc4)COC(=O)N4C[C@@H]5CC(=C)CN5C(=O)c5cc(C)c(cc54)OCCCOc4cc3c(cc4OC)C(=O)N2C1.